The number of carbonyl (C=O) groups is 2. The predicted octanol–water partition coefficient (Wildman–Crippen LogP) is 7.41. The molecule has 0 unspecified atom stereocenters. The smallest absolute Gasteiger partial charge is 0.161 e. The number of rotatable bonds is 10. The summed E-state index contributed by atoms with van der Waals surface area (Å²) in [5.41, 5.74) is 4.13. The molecule has 0 aromatic heterocycles. The molecule has 3 heteroatoms. The first-order valence-corrected chi connectivity index (χ1v) is 12.9. The van der Waals surface area contributed by atoms with Gasteiger partial charge in [0.15, 0.2) is 11.6 Å². The first-order valence-electron chi connectivity index (χ1n) is 12.9. The molecular formula is C28H45NO2. The molecule has 1 N–H and O–H groups in total. The molecule has 0 radical (unpaired) electrons. The number of carbonyl (C=O) groups excluding carboxylic acids is 2. The van der Waals surface area contributed by atoms with E-state index in [0.29, 0.717) is 12.8 Å². The van der Waals surface area contributed by atoms with E-state index in [1.54, 1.807) is 0 Å². The van der Waals surface area contributed by atoms with Gasteiger partial charge in [-0.3, -0.25) is 9.59 Å². The summed E-state index contributed by atoms with van der Waals surface area (Å²) < 4.78 is 0. The highest BCUT2D eigenvalue weighted by Gasteiger charge is 2.45. The van der Waals surface area contributed by atoms with Crippen LogP contribution < -0.4 is 5.32 Å². The largest absolute Gasteiger partial charge is 0.362 e. The van der Waals surface area contributed by atoms with E-state index in [0.717, 1.165) is 48.2 Å². The molecule has 0 aromatic carbocycles. The minimum absolute atomic E-state index is 0.00248. The van der Waals surface area contributed by atoms with Crippen molar-refractivity contribution in [1.29, 1.82) is 0 Å². The minimum atomic E-state index is -0.00248. The van der Waals surface area contributed by atoms with Crippen LogP contribution in [0.15, 0.2) is 22.5 Å². The number of dihydropyridines is 1. The standard InChI is InChI=1S/C28H45NO2/c1-6-7-8-9-10-11-12-13-14-15-20-25-21(16-27(2,3)18-23(25)30)29-22-17-28(4,5)19-24(31)26(20)22/h20,29H,6-19H2,1-5H3. The average molecular weight is 428 g/mol. The number of hydrogen-bond donors (Lipinski definition) is 1. The number of Topliss-reactive ketones (excluding diaryl/α,β-unsaturated/α-hetero) is 2. The van der Waals surface area contributed by atoms with E-state index in [1.807, 2.05) is 0 Å². The SMILES string of the molecule is CCCCCCCCCCCC1C2=C(CC(C)(C)CC2=O)NC2=C1C(=O)CC(C)(C)C2. The first kappa shape index (κ1) is 24.3. The van der Waals surface area contributed by atoms with Gasteiger partial charge in [0.2, 0.25) is 0 Å². The Kier molecular flexibility index (Phi) is 7.86. The Bertz CT molecular complexity index is 701. The normalized spacial score (nSPS) is 23.0. The van der Waals surface area contributed by atoms with Crippen LogP contribution in [0.1, 0.15) is 125 Å². The van der Waals surface area contributed by atoms with Gasteiger partial charge in [-0.25, -0.2) is 0 Å². The van der Waals surface area contributed by atoms with Crippen LogP contribution in [-0.4, -0.2) is 11.6 Å². The summed E-state index contributed by atoms with van der Waals surface area (Å²) in [5, 5.41) is 3.61. The van der Waals surface area contributed by atoms with E-state index in [9.17, 15) is 9.59 Å². The van der Waals surface area contributed by atoms with Gasteiger partial charge in [-0.05, 0) is 30.1 Å². The maximum Gasteiger partial charge on any atom is 0.161 e. The molecule has 2 aliphatic carbocycles. The highest BCUT2D eigenvalue weighted by atomic mass is 16.1. The first-order chi connectivity index (χ1) is 14.6. The Balaban J connectivity index is 1.68. The second-order valence-electron chi connectivity index (χ2n) is 12.0. The lowest BCUT2D eigenvalue weighted by atomic mass is 9.65. The lowest BCUT2D eigenvalue weighted by Gasteiger charge is -2.43. The molecule has 0 saturated heterocycles. The van der Waals surface area contributed by atoms with Crippen molar-refractivity contribution in [2.45, 2.75) is 125 Å². The fourth-order valence-electron chi connectivity index (χ4n) is 5.98. The van der Waals surface area contributed by atoms with Crippen LogP contribution in [0.2, 0.25) is 0 Å². The third kappa shape index (κ3) is 6.11. The monoisotopic (exact) mass is 427 g/mol. The van der Waals surface area contributed by atoms with Crippen LogP contribution in [-0.2, 0) is 9.59 Å². The number of nitrogens with one attached hydrogen (secondary N) is 1. The second-order valence-corrected chi connectivity index (χ2v) is 12.0. The molecule has 1 aliphatic heterocycles. The highest BCUT2D eigenvalue weighted by Crippen LogP contribution is 2.48. The van der Waals surface area contributed by atoms with E-state index in [4.69, 9.17) is 0 Å². The van der Waals surface area contributed by atoms with Crippen molar-refractivity contribution in [2.75, 3.05) is 0 Å². The number of hydrogen-bond acceptors (Lipinski definition) is 3. The second kappa shape index (κ2) is 10.0. The van der Waals surface area contributed by atoms with Crippen molar-refractivity contribution < 1.29 is 9.59 Å². The van der Waals surface area contributed by atoms with Gasteiger partial charge >= 0.3 is 0 Å². The summed E-state index contributed by atoms with van der Waals surface area (Å²) in [7, 11) is 0. The number of unbranched alkanes of at least 4 members (excludes halogenated alkanes) is 8. The third-order valence-electron chi connectivity index (χ3n) is 7.43. The molecule has 0 aromatic rings. The third-order valence-corrected chi connectivity index (χ3v) is 7.43. The van der Waals surface area contributed by atoms with Gasteiger partial charge in [0.25, 0.3) is 0 Å². The fourth-order valence-corrected chi connectivity index (χ4v) is 5.98. The number of allylic oxidation sites excluding steroid dienone is 4. The van der Waals surface area contributed by atoms with Gasteiger partial charge in [0.1, 0.15) is 0 Å². The highest BCUT2D eigenvalue weighted by molar-refractivity contribution is 6.05. The summed E-state index contributed by atoms with van der Waals surface area (Å²) >= 11 is 0. The van der Waals surface area contributed by atoms with Gasteiger partial charge in [-0.15, -0.1) is 0 Å². The molecule has 0 bridgehead atoms. The maximum absolute atomic E-state index is 13.2. The Morgan fingerprint density at radius 1 is 0.677 bits per heavy atom. The Morgan fingerprint density at radius 3 is 1.55 bits per heavy atom. The fraction of sp³-hybridized carbons (Fsp3) is 0.786. The summed E-state index contributed by atoms with van der Waals surface area (Å²) in [6.45, 7) is 11.0. The van der Waals surface area contributed by atoms with Crippen molar-refractivity contribution in [2.24, 2.45) is 16.7 Å². The van der Waals surface area contributed by atoms with Crippen molar-refractivity contribution in [3.8, 4) is 0 Å². The summed E-state index contributed by atoms with van der Waals surface area (Å²) in [4.78, 5) is 26.4. The topological polar surface area (TPSA) is 46.2 Å². The molecule has 0 saturated carbocycles. The number of ketones is 2. The quantitative estimate of drug-likeness (QED) is 0.369. The van der Waals surface area contributed by atoms with Crippen LogP contribution in [0.5, 0.6) is 0 Å². The molecule has 0 spiro atoms. The minimum Gasteiger partial charge on any atom is -0.362 e. The van der Waals surface area contributed by atoms with Crippen molar-refractivity contribution in [3.63, 3.8) is 0 Å². The van der Waals surface area contributed by atoms with Crippen LogP contribution in [0, 0.1) is 16.7 Å². The van der Waals surface area contributed by atoms with Gasteiger partial charge in [-0.2, -0.15) is 0 Å². The molecule has 174 valence electrons. The maximum atomic E-state index is 13.2. The van der Waals surface area contributed by atoms with Gasteiger partial charge in [0, 0.05) is 41.3 Å². The average Bonchev–Trinajstić information content (AvgIpc) is 2.63. The molecule has 3 rings (SSSR count). The molecule has 0 amide bonds. The zero-order chi connectivity index (χ0) is 22.6. The summed E-state index contributed by atoms with van der Waals surface area (Å²) in [6.07, 6.45) is 15.6. The lowest BCUT2D eigenvalue weighted by Crippen LogP contribution is -2.43. The zero-order valence-corrected chi connectivity index (χ0v) is 20.8. The molecule has 31 heavy (non-hydrogen) atoms. The van der Waals surface area contributed by atoms with E-state index < -0.39 is 0 Å². The lowest BCUT2D eigenvalue weighted by molar-refractivity contribution is -0.119. The summed E-state index contributed by atoms with van der Waals surface area (Å²) in [5.74, 6) is 0.565. The molecular weight excluding hydrogens is 382 g/mol. The predicted molar refractivity (Wildman–Crippen MR) is 129 cm³/mol. The van der Waals surface area contributed by atoms with Crippen LogP contribution in [0.4, 0.5) is 0 Å². The van der Waals surface area contributed by atoms with Crippen LogP contribution in [0.3, 0.4) is 0 Å². The van der Waals surface area contributed by atoms with E-state index in [1.165, 1.54) is 51.4 Å². The van der Waals surface area contributed by atoms with Crippen molar-refractivity contribution in [3.05, 3.63) is 22.5 Å². The summed E-state index contributed by atoms with van der Waals surface area (Å²) in [6, 6.07) is 0. The van der Waals surface area contributed by atoms with Crippen molar-refractivity contribution >= 4 is 11.6 Å². The molecule has 3 nitrogen and oxygen atoms in total. The molecule has 3 aliphatic rings. The molecule has 1 heterocycles. The van der Waals surface area contributed by atoms with E-state index in [2.05, 4.69) is 39.9 Å². The Hall–Kier alpha value is -1.38. The zero-order valence-electron chi connectivity index (χ0n) is 20.8. The van der Waals surface area contributed by atoms with Crippen molar-refractivity contribution in [1.82, 2.24) is 5.32 Å². The van der Waals surface area contributed by atoms with Gasteiger partial charge in [-0.1, -0.05) is 92.4 Å². The Labute approximate surface area is 190 Å². The van der Waals surface area contributed by atoms with Crippen LogP contribution in [0.25, 0.3) is 0 Å². The molecule has 0 fully saturated rings. The Morgan fingerprint density at radius 2 is 1.10 bits per heavy atom. The molecule has 0 atom stereocenters. The van der Waals surface area contributed by atoms with E-state index in [-0.39, 0.29) is 28.3 Å². The van der Waals surface area contributed by atoms with Gasteiger partial charge < -0.3 is 5.32 Å². The van der Waals surface area contributed by atoms with Crippen LogP contribution >= 0.6 is 0 Å². The van der Waals surface area contributed by atoms with Gasteiger partial charge in [0.05, 0.1) is 0 Å². The van der Waals surface area contributed by atoms with E-state index >= 15 is 0 Å².